The molecule has 3 nitrogen and oxygen atoms in total. The maximum atomic E-state index is 11.1. The van der Waals surface area contributed by atoms with Crippen LogP contribution in [0.5, 0.6) is 0 Å². The van der Waals surface area contributed by atoms with Crippen LogP contribution in [0.1, 0.15) is 16.7 Å². The highest BCUT2D eigenvalue weighted by Gasteiger charge is 2.13. The zero-order valence-electron chi connectivity index (χ0n) is 9.16. The van der Waals surface area contributed by atoms with E-state index < -0.39 is 5.97 Å². The Labute approximate surface area is 103 Å². The van der Waals surface area contributed by atoms with Gasteiger partial charge in [-0.1, -0.05) is 28.1 Å². The van der Waals surface area contributed by atoms with Crippen LogP contribution in [0.15, 0.2) is 24.5 Å². The zero-order valence-corrected chi connectivity index (χ0v) is 10.7. The summed E-state index contributed by atoms with van der Waals surface area (Å²) in [7, 11) is 1.44. The fourth-order valence-electron chi connectivity index (χ4n) is 1.39. The molecule has 0 aromatic heterocycles. The van der Waals surface area contributed by atoms with Crippen molar-refractivity contribution in [3.63, 3.8) is 0 Å². The standard InChI is InChI=1S/C12H13BrO3/c1-8-3-4-9(6-13)5-10(8)11(7-16-2)12(14)15/h3-5,7H,6H2,1-2H3,(H,14,15)/b11-7+. The maximum absolute atomic E-state index is 11.1. The molecule has 0 fully saturated rings. The van der Waals surface area contributed by atoms with Crippen LogP contribution < -0.4 is 0 Å². The first-order chi connectivity index (χ1) is 7.60. The van der Waals surface area contributed by atoms with E-state index in [1.807, 2.05) is 25.1 Å². The molecule has 0 bridgehead atoms. The predicted octanol–water partition coefficient (Wildman–Crippen LogP) is 2.96. The van der Waals surface area contributed by atoms with Crippen LogP contribution in [-0.2, 0) is 14.9 Å². The molecular weight excluding hydrogens is 272 g/mol. The third kappa shape index (κ3) is 2.85. The smallest absolute Gasteiger partial charge is 0.339 e. The molecule has 0 aliphatic carbocycles. The van der Waals surface area contributed by atoms with Gasteiger partial charge in [-0.3, -0.25) is 0 Å². The Hall–Kier alpha value is -1.29. The van der Waals surface area contributed by atoms with Gasteiger partial charge in [0.2, 0.25) is 0 Å². The second kappa shape index (κ2) is 5.70. The van der Waals surface area contributed by atoms with E-state index in [4.69, 9.17) is 9.84 Å². The van der Waals surface area contributed by atoms with E-state index in [2.05, 4.69) is 15.9 Å². The minimum Gasteiger partial charge on any atom is -0.503 e. The summed E-state index contributed by atoms with van der Waals surface area (Å²) >= 11 is 3.34. The fourth-order valence-corrected chi connectivity index (χ4v) is 1.74. The number of carboxylic acids is 1. The Bertz CT molecular complexity index is 424. The summed E-state index contributed by atoms with van der Waals surface area (Å²) in [6.07, 6.45) is 1.25. The minimum absolute atomic E-state index is 0.169. The van der Waals surface area contributed by atoms with Crippen LogP contribution in [-0.4, -0.2) is 18.2 Å². The van der Waals surface area contributed by atoms with Crippen molar-refractivity contribution >= 4 is 27.5 Å². The first-order valence-corrected chi connectivity index (χ1v) is 5.84. The Morgan fingerprint density at radius 1 is 1.56 bits per heavy atom. The van der Waals surface area contributed by atoms with Gasteiger partial charge < -0.3 is 9.84 Å². The number of carbonyl (C=O) groups is 1. The van der Waals surface area contributed by atoms with Crippen LogP contribution >= 0.6 is 15.9 Å². The highest BCUT2D eigenvalue weighted by Crippen LogP contribution is 2.22. The largest absolute Gasteiger partial charge is 0.503 e. The monoisotopic (exact) mass is 284 g/mol. The normalized spacial score (nSPS) is 11.3. The van der Waals surface area contributed by atoms with Gasteiger partial charge in [0.15, 0.2) is 0 Å². The Morgan fingerprint density at radius 2 is 2.25 bits per heavy atom. The Kier molecular flexibility index (Phi) is 4.55. The second-order valence-electron chi connectivity index (χ2n) is 3.36. The van der Waals surface area contributed by atoms with E-state index in [9.17, 15) is 4.79 Å². The molecule has 1 aromatic rings. The third-order valence-corrected chi connectivity index (χ3v) is 2.86. The van der Waals surface area contributed by atoms with Gasteiger partial charge in [0.05, 0.1) is 13.4 Å². The van der Waals surface area contributed by atoms with E-state index in [0.717, 1.165) is 11.1 Å². The molecule has 0 atom stereocenters. The summed E-state index contributed by atoms with van der Waals surface area (Å²) in [5, 5.41) is 9.78. The highest BCUT2D eigenvalue weighted by atomic mass is 79.9. The summed E-state index contributed by atoms with van der Waals surface area (Å²) in [4.78, 5) is 11.1. The van der Waals surface area contributed by atoms with E-state index in [1.54, 1.807) is 0 Å². The van der Waals surface area contributed by atoms with Crippen LogP contribution in [0, 0.1) is 6.92 Å². The average molecular weight is 285 g/mol. The number of aliphatic carboxylic acids is 1. The summed E-state index contributed by atoms with van der Waals surface area (Å²) < 4.78 is 4.79. The predicted molar refractivity (Wildman–Crippen MR) is 66.4 cm³/mol. The van der Waals surface area contributed by atoms with Crippen molar-refractivity contribution in [2.24, 2.45) is 0 Å². The summed E-state index contributed by atoms with van der Waals surface area (Å²) in [6, 6.07) is 5.71. The SMILES string of the molecule is CO/C=C(/C(=O)O)c1cc(CBr)ccc1C. The molecule has 1 aromatic carbocycles. The zero-order chi connectivity index (χ0) is 12.1. The number of aryl methyl sites for hydroxylation is 1. The third-order valence-electron chi connectivity index (χ3n) is 2.21. The van der Waals surface area contributed by atoms with Gasteiger partial charge in [0.25, 0.3) is 0 Å². The molecule has 0 spiro atoms. The van der Waals surface area contributed by atoms with Crippen molar-refractivity contribution in [1.82, 2.24) is 0 Å². The van der Waals surface area contributed by atoms with E-state index >= 15 is 0 Å². The average Bonchev–Trinajstić information content (AvgIpc) is 2.27. The van der Waals surface area contributed by atoms with Crippen molar-refractivity contribution < 1.29 is 14.6 Å². The van der Waals surface area contributed by atoms with Crippen LogP contribution in [0.2, 0.25) is 0 Å². The lowest BCUT2D eigenvalue weighted by Crippen LogP contribution is -2.02. The van der Waals surface area contributed by atoms with Gasteiger partial charge >= 0.3 is 5.97 Å². The fraction of sp³-hybridized carbons (Fsp3) is 0.250. The Balaban J connectivity index is 3.28. The molecule has 0 radical (unpaired) electrons. The first-order valence-electron chi connectivity index (χ1n) is 4.72. The van der Waals surface area contributed by atoms with Gasteiger partial charge in [-0.15, -0.1) is 0 Å². The number of benzene rings is 1. The van der Waals surface area contributed by atoms with Crippen LogP contribution in [0.3, 0.4) is 0 Å². The minimum atomic E-state index is -0.989. The van der Waals surface area contributed by atoms with Crippen molar-refractivity contribution in [3.05, 3.63) is 41.2 Å². The van der Waals surface area contributed by atoms with Crippen molar-refractivity contribution in [2.75, 3.05) is 7.11 Å². The highest BCUT2D eigenvalue weighted by molar-refractivity contribution is 9.08. The molecule has 0 aliphatic rings. The van der Waals surface area contributed by atoms with E-state index in [-0.39, 0.29) is 5.57 Å². The molecule has 0 unspecified atom stereocenters. The number of hydrogen-bond donors (Lipinski definition) is 1. The van der Waals surface area contributed by atoms with Gasteiger partial charge in [-0.2, -0.15) is 0 Å². The number of hydrogen-bond acceptors (Lipinski definition) is 2. The van der Waals surface area contributed by atoms with Crippen molar-refractivity contribution in [2.45, 2.75) is 12.3 Å². The number of ether oxygens (including phenoxy) is 1. The van der Waals surface area contributed by atoms with Gasteiger partial charge in [0, 0.05) is 5.33 Å². The van der Waals surface area contributed by atoms with Crippen LogP contribution in [0.25, 0.3) is 5.57 Å². The number of alkyl halides is 1. The molecule has 4 heteroatoms. The first kappa shape index (κ1) is 12.8. The van der Waals surface area contributed by atoms with E-state index in [0.29, 0.717) is 10.9 Å². The number of carboxylic acid groups (broad SMARTS) is 1. The molecule has 1 N–H and O–H groups in total. The lowest BCUT2D eigenvalue weighted by molar-refractivity contribution is -0.130. The van der Waals surface area contributed by atoms with E-state index in [1.165, 1.54) is 13.4 Å². The lowest BCUT2D eigenvalue weighted by Gasteiger charge is -2.08. The summed E-state index contributed by atoms with van der Waals surface area (Å²) in [5.41, 5.74) is 2.80. The molecular formula is C12H13BrO3. The second-order valence-corrected chi connectivity index (χ2v) is 3.92. The van der Waals surface area contributed by atoms with Gasteiger partial charge in [0.1, 0.15) is 5.57 Å². The van der Waals surface area contributed by atoms with Crippen molar-refractivity contribution in [1.29, 1.82) is 0 Å². The molecule has 1 rings (SSSR count). The molecule has 86 valence electrons. The quantitative estimate of drug-likeness (QED) is 0.525. The van der Waals surface area contributed by atoms with Crippen LogP contribution in [0.4, 0.5) is 0 Å². The maximum Gasteiger partial charge on any atom is 0.339 e. The van der Waals surface area contributed by atoms with Gasteiger partial charge in [-0.25, -0.2) is 4.79 Å². The molecule has 0 heterocycles. The number of methoxy groups -OCH3 is 1. The number of halogens is 1. The molecule has 0 saturated heterocycles. The molecule has 16 heavy (non-hydrogen) atoms. The van der Waals surface area contributed by atoms with Crippen molar-refractivity contribution in [3.8, 4) is 0 Å². The summed E-state index contributed by atoms with van der Waals surface area (Å²) in [5.74, 6) is -0.989. The lowest BCUT2D eigenvalue weighted by atomic mass is 9.99. The summed E-state index contributed by atoms with van der Waals surface area (Å²) in [6.45, 7) is 1.87. The molecule has 0 saturated carbocycles. The Morgan fingerprint density at radius 3 is 2.75 bits per heavy atom. The molecule has 0 aliphatic heterocycles. The topological polar surface area (TPSA) is 46.5 Å². The molecule has 0 amide bonds. The van der Waals surface area contributed by atoms with Gasteiger partial charge in [-0.05, 0) is 29.7 Å². The number of rotatable bonds is 4.